The van der Waals surface area contributed by atoms with E-state index in [2.05, 4.69) is 0 Å². The molecule has 16 heteroatoms. The van der Waals surface area contributed by atoms with E-state index in [0.717, 1.165) is 42.5 Å². The van der Waals surface area contributed by atoms with Crippen molar-refractivity contribution in [2.75, 3.05) is 5.32 Å². The Morgan fingerprint density at radius 1 is 0.969 bits per heavy atom. The summed E-state index contributed by atoms with van der Waals surface area (Å²) in [6, 6.07) is 7.33. The molecule has 0 saturated carbocycles. The number of halogens is 9. The van der Waals surface area contributed by atoms with Crippen molar-refractivity contribution in [3.8, 4) is 0 Å². The zero-order valence-corrected chi connectivity index (χ0v) is 19.0. The molecule has 0 saturated heterocycles. The van der Waals surface area contributed by atoms with Crippen LogP contribution < -0.4 is 5.32 Å². The first-order valence-electron chi connectivity index (χ1n) is 7.90. The number of alkyl halides is 7. The molecule has 0 heterocycles. The summed E-state index contributed by atoms with van der Waals surface area (Å²) < 4.78 is 107. The van der Waals surface area contributed by atoms with Crippen molar-refractivity contribution >= 4 is 52.8 Å². The highest BCUT2D eigenvalue weighted by atomic mass is 79.9. The Bertz CT molecular complexity index is 1150. The van der Waals surface area contributed by atoms with Crippen LogP contribution in [0, 0.1) is 10.1 Å². The lowest BCUT2D eigenvalue weighted by Gasteiger charge is -2.42. The van der Waals surface area contributed by atoms with Gasteiger partial charge in [-0.05, 0) is 18.2 Å². The second-order valence-corrected chi connectivity index (χ2v) is 18.6. The number of nitro groups is 1. The first kappa shape index (κ1) is 26.2. The van der Waals surface area contributed by atoms with Crippen molar-refractivity contribution < 1.29 is 44.7 Å². The van der Waals surface area contributed by atoms with Crippen molar-refractivity contribution in [2.45, 2.75) is 22.2 Å². The Hall–Kier alpha value is -2.07. The second kappa shape index (κ2) is 8.06. The second-order valence-electron chi connectivity index (χ2n) is 6.11. The van der Waals surface area contributed by atoms with Gasteiger partial charge in [-0.2, -0.15) is 30.7 Å². The summed E-state index contributed by atoms with van der Waals surface area (Å²) in [6.45, 7) is 0. The Balaban J connectivity index is 2.60. The van der Waals surface area contributed by atoms with Gasteiger partial charge in [-0.25, -0.2) is 0 Å². The number of nitrogens with zero attached hydrogens (tertiary/aromatic N) is 1. The van der Waals surface area contributed by atoms with Gasteiger partial charge in [0.2, 0.25) is 0 Å². The smallest absolute Gasteiger partial charge is 0.321 e. The minimum absolute atomic E-state index is 0.380. The van der Waals surface area contributed by atoms with Gasteiger partial charge >= 0.3 is 17.4 Å². The molecule has 1 amide bonds. The van der Waals surface area contributed by atoms with Crippen LogP contribution in [0.1, 0.15) is 10.4 Å². The summed E-state index contributed by atoms with van der Waals surface area (Å²) in [7, 11) is 0. The summed E-state index contributed by atoms with van der Waals surface area (Å²) in [5, 5.41) is 6.49. The molecule has 2 rings (SSSR count). The van der Waals surface area contributed by atoms with E-state index in [-0.39, 0.29) is 5.56 Å². The van der Waals surface area contributed by atoms with Gasteiger partial charge in [0.1, 0.15) is 0 Å². The van der Waals surface area contributed by atoms with Gasteiger partial charge in [0, 0.05) is 47.3 Å². The summed E-state index contributed by atoms with van der Waals surface area (Å²) in [6.07, 6.45) is -6.78. The average Bonchev–Trinajstić information content (AvgIpc) is 2.66. The fourth-order valence-electron chi connectivity index (χ4n) is 2.34. The lowest BCUT2D eigenvalue weighted by atomic mass is 10.2. The maximum atomic E-state index is 14.5. The van der Waals surface area contributed by atoms with E-state index in [4.69, 9.17) is 0 Å². The Morgan fingerprint density at radius 3 is 2.06 bits per heavy atom. The number of nitrogens with one attached hydrogen (secondary N) is 1. The molecule has 0 atom stereocenters. The minimum Gasteiger partial charge on any atom is -0.321 e. The van der Waals surface area contributed by atoms with Crippen LogP contribution in [-0.2, 0) is 5.93 Å². The molecule has 32 heavy (non-hydrogen) atoms. The summed E-state index contributed by atoms with van der Waals surface area (Å²) in [4.78, 5) is 21.1. The molecular weight excluding hydrogens is 609 g/mol. The first-order valence-corrected chi connectivity index (χ1v) is 13.5. The number of carbonyl (C=O) groups excluding carboxylic acids is 1. The predicted octanol–water partition coefficient (Wildman–Crippen LogP) is 6.44. The predicted molar refractivity (Wildman–Crippen MR) is 108 cm³/mol. The minimum atomic E-state index is -6.78. The fourth-order valence-corrected chi connectivity index (χ4v) is 6.86. The normalized spacial score (nSPS) is 14.3. The number of hydrogen-bond acceptors (Lipinski definition) is 4. The van der Waals surface area contributed by atoms with E-state index in [0.29, 0.717) is 6.07 Å². The quantitative estimate of drug-likeness (QED) is 0.175. The number of para-hydroxylation sites is 1. The molecule has 0 aromatic heterocycles. The van der Waals surface area contributed by atoms with Crippen LogP contribution in [-0.4, -0.2) is 32.4 Å². The van der Waals surface area contributed by atoms with Crippen molar-refractivity contribution in [1.82, 2.24) is 0 Å². The average molecular weight is 618 g/mol. The Kier molecular flexibility index (Phi) is 6.59. The number of hydrogen-bond donors (Lipinski definition) is 1. The van der Waals surface area contributed by atoms with E-state index >= 15 is 0 Å². The number of rotatable bonds is 6. The summed E-state index contributed by atoms with van der Waals surface area (Å²) in [5.41, 5.74) is -1.73. The van der Waals surface area contributed by atoms with Crippen LogP contribution in [0.3, 0.4) is 0 Å². The lowest BCUT2D eigenvalue weighted by molar-refractivity contribution is -0.384. The van der Waals surface area contributed by atoms with E-state index in [9.17, 15) is 49.9 Å². The Labute approximate surface area is 189 Å². The molecule has 0 spiro atoms. The number of amides is 1. The third kappa shape index (κ3) is 4.26. The zero-order valence-electron chi connectivity index (χ0n) is 15.0. The van der Waals surface area contributed by atoms with Crippen molar-refractivity contribution in [3.05, 3.63) is 64.2 Å². The monoisotopic (exact) mass is 616 g/mol. The van der Waals surface area contributed by atoms with Crippen LogP contribution in [0.5, 0.6) is 0 Å². The van der Waals surface area contributed by atoms with Crippen LogP contribution >= 0.6 is 29.6 Å². The van der Waals surface area contributed by atoms with Crippen molar-refractivity contribution in [3.63, 3.8) is 0 Å². The van der Waals surface area contributed by atoms with Gasteiger partial charge in [-0.1, -0.05) is 18.2 Å². The molecule has 6 nitrogen and oxygen atoms in total. The third-order valence-corrected chi connectivity index (χ3v) is 10.7. The molecule has 2 aromatic rings. The largest absolute Gasteiger partial charge is 0.461 e. The summed E-state index contributed by atoms with van der Waals surface area (Å²) >= 11 is 3.74. The van der Waals surface area contributed by atoms with Gasteiger partial charge in [0.05, 0.1) is 21.4 Å². The molecule has 0 aliphatic carbocycles. The molecule has 0 aliphatic heterocycles. The number of benzene rings is 2. The summed E-state index contributed by atoms with van der Waals surface area (Å²) in [5.74, 6) is -14.7. The molecule has 176 valence electrons. The molecule has 2 aromatic carbocycles. The van der Waals surface area contributed by atoms with E-state index in [1.54, 1.807) is 0 Å². The van der Waals surface area contributed by atoms with Crippen molar-refractivity contribution in [2.24, 2.45) is 0 Å². The fraction of sp³-hybridized carbons (Fsp3) is 0.188. The third-order valence-electron chi connectivity index (χ3n) is 3.97. The van der Waals surface area contributed by atoms with E-state index < -0.39 is 50.4 Å². The SMILES string of the molecule is O=C(Nc1ccccc1S(=O)(Br)(Br)C(F)(F)C(F)(F)C(F)(F)F)c1cccc([N+](=O)[O-])c1. The standard InChI is InChI=1S/C16H9Br2F7N2O4S/c17-32(18,31,16(24,25)14(19,20)15(21,22)23)12-7-2-1-6-11(12)26-13(28)9-4-3-5-10(8-9)27(29)30/h1-8H,(H,26,28). The molecular formula is C16H9Br2F7N2O4S. The zero-order chi connectivity index (χ0) is 24.8. The highest BCUT2D eigenvalue weighted by Crippen LogP contribution is 2.68. The topological polar surface area (TPSA) is 89.3 Å². The van der Waals surface area contributed by atoms with Crippen LogP contribution in [0.15, 0.2) is 53.4 Å². The maximum absolute atomic E-state index is 14.5. The molecule has 0 unspecified atom stereocenters. The van der Waals surface area contributed by atoms with Gasteiger partial charge in [-0.15, -0.1) is 0 Å². The molecule has 0 bridgehead atoms. The van der Waals surface area contributed by atoms with E-state index in [1.807, 2.05) is 34.9 Å². The van der Waals surface area contributed by atoms with Crippen molar-refractivity contribution in [1.29, 1.82) is 0 Å². The van der Waals surface area contributed by atoms with Crippen LogP contribution in [0.4, 0.5) is 42.1 Å². The van der Waals surface area contributed by atoms with Gasteiger partial charge in [0.25, 0.3) is 11.6 Å². The molecule has 0 fully saturated rings. The molecule has 1 N–H and O–H groups in total. The number of non-ortho nitro benzene ring substituents is 1. The Morgan fingerprint density at radius 2 is 1.53 bits per heavy atom. The van der Waals surface area contributed by atoms with Gasteiger partial charge in [-0.3, -0.25) is 19.1 Å². The van der Waals surface area contributed by atoms with Gasteiger partial charge in [0.15, 0.2) is 0 Å². The van der Waals surface area contributed by atoms with Crippen LogP contribution in [0.2, 0.25) is 0 Å². The number of anilines is 1. The molecule has 0 aliphatic rings. The van der Waals surface area contributed by atoms with E-state index in [1.165, 1.54) is 0 Å². The highest BCUT2D eigenvalue weighted by Gasteiger charge is 2.82. The van der Waals surface area contributed by atoms with Gasteiger partial charge < -0.3 is 5.32 Å². The first-order chi connectivity index (χ1) is 14.3. The number of carbonyl (C=O) groups is 1. The van der Waals surface area contributed by atoms with Crippen LogP contribution in [0.25, 0.3) is 0 Å². The lowest BCUT2D eigenvalue weighted by Crippen LogP contribution is -2.60. The number of nitro benzene ring substituents is 1. The highest BCUT2D eigenvalue weighted by molar-refractivity contribution is 9.86. The maximum Gasteiger partial charge on any atom is 0.461 e. The molecule has 0 radical (unpaired) electrons.